The zero-order chi connectivity index (χ0) is 19.8. The Kier molecular flexibility index (Phi) is 4.58. The predicted octanol–water partition coefficient (Wildman–Crippen LogP) is 4.16. The highest BCUT2D eigenvalue weighted by molar-refractivity contribution is 6.02. The van der Waals surface area contributed by atoms with Crippen molar-refractivity contribution in [3.63, 3.8) is 0 Å². The zero-order valence-electron chi connectivity index (χ0n) is 16.4. The van der Waals surface area contributed by atoms with E-state index in [2.05, 4.69) is 16.4 Å². The molecule has 5 rings (SSSR count). The van der Waals surface area contributed by atoms with Crippen LogP contribution in [0.25, 0.3) is 10.9 Å². The smallest absolute Gasteiger partial charge is 0.255 e. The number of hydrogen-bond acceptors (Lipinski definition) is 2. The lowest BCUT2D eigenvalue weighted by Crippen LogP contribution is -2.44. The Balaban J connectivity index is 1.48. The highest BCUT2D eigenvalue weighted by Crippen LogP contribution is 2.40. The number of para-hydroxylation sites is 1. The Morgan fingerprint density at radius 3 is 2.62 bits per heavy atom. The average Bonchev–Trinajstić information content (AvgIpc) is 3.28. The van der Waals surface area contributed by atoms with Crippen molar-refractivity contribution in [3.8, 4) is 0 Å². The van der Waals surface area contributed by atoms with Gasteiger partial charge in [0.2, 0.25) is 5.91 Å². The van der Waals surface area contributed by atoms with Gasteiger partial charge in [0.25, 0.3) is 5.91 Å². The number of carbonyl (C=O) groups excluding carboxylic acids is 2. The van der Waals surface area contributed by atoms with Crippen LogP contribution in [0.4, 0.5) is 0 Å². The van der Waals surface area contributed by atoms with Gasteiger partial charge < -0.3 is 15.2 Å². The molecule has 29 heavy (non-hydrogen) atoms. The van der Waals surface area contributed by atoms with E-state index in [0.717, 1.165) is 47.7 Å². The van der Waals surface area contributed by atoms with E-state index >= 15 is 0 Å². The molecule has 5 heteroatoms. The number of nitrogens with one attached hydrogen (secondary N) is 2. The van der Waals surface area contributed by atoms with Gasteiger partial charge in [-0.1, -0.05) is 55.7 Å². The first-order valence-electron chi connectivity index (χ1n) is 10.5. The number of H-pyrrole nitrogens is 1. The van der Waals surface area contributed by atoms with E-state index < -0.39 is 0 Å². The van der Waals surface area contributed by atoms with Gasteiger partial charge in [0.1, 0.15) is 6.54 Å². The van der Waals surface area contributed by atoms with Crippen molar-refractivity contribution in [2.45, 2.75) is 44.2 Å². The van der Waals surface area contributed by atoms with Crippen LogP contribution in [0.5, 0.6) is 0 Å². The summed E-state index contributed by atoms with van der Waals surface area (Å²) in [6, 6.07) is 15.8. The minimum atomic E-state index is -0.257. The third-order valence-electron chi connectivity index (χ3n) is 6.26. The molecule has 3 aromatic rings. The van der Waals surface area contributed by atoms with Crippen molar-refractivity contribution < 1.29 is 9.59 Å². The van der Waals surface area contributed by atoms with E-state index in [-0.39, 0.29) is 30.4 Å². The Morgan fingerprint density at radius 1 is 1.00 bits per heavy atom. The molecule has 0 spiro atoms. The van der Waals surface area contributed by atoms with Crippen molar-refractivity contribution in [2.24, 2.45) is 0 Å². The monoisotopic (exact) mass is 387 g/mol. The molecule has 2 heterocycles. The number of aromatic amines is 1. The third kappa shape index (κ3) is 3.20. The molecule has 1 unspecified atom stereocenters. The number of benzene rings is 2. The van der Waals surface area contributed by atoms with Gasteiger partial charge in [0.15, 0.2) is 0 Å². The molecule has 1 aliphatic carbocycles. The summed E-state index contributed by atoms with van der Waals surface area (Å²) in [5, 5.41) is 4.24. The van der Waals surface area contributed by atoms with Gasteiger partial charge >= 0.3 is 0 Å². The molecule has 1 aliphatic heterocycles. The molecule has 2 N–H and O–H groups in total. The predicted molar refractivity (Wildman–Crippen MR) is 113 cm³/mol. The summed E-state index contributed by atoms with van der Waals surface area (Å²) in [4.78, 5) is 31.1. The molecular weight excluding hydrogens is 362 g/mol. The molecule has 1 saturated carbocycles. The van der Waals surface area contributed by atoms with Gasteiger partial charge in [0, 0.05) is 34.3 Å². The van der Waals surface area contributed by atoms with Gasteiger partial charge in [-0.3, -0.25) is 9.59 Å². The van der Waals surface area contributed by atoms with Crippen molar-refractivity contribution in [1.29, 1.82) is 0 Å². The van der Waals surface area contributed by atoms with Crippen LogP contribution >= 0.6 is 0 Å². The maximum atomic E-state index is 13.2. The molecule has 0 radical (unpaired) electrons. The average molecular weight is 387 g/mol. The third-order valence-corrected chi connectivity index (χ3v) is 6.26. The van der Waals surface area contributed by atoms with E-state index in [0.29, 0.717) is 5.56 Å². The summed E-state index contributed by atoms with van der Waals surface area (Å²) in [5.41, 5.74) is 3.72. The fourth-order valence-corrected chi connectivity index (χ4v) is 4.86. The van der Waals surface area contributed by atoms with Crippen LogP contribution < -0.4 is 5.32 Å². The molecule has 2 amide bonds. The van der Waals surface area contributed by atoms with Gasteiger partial charge in [0.05, 0.1) is 6.04 Å². The zero-order valence-corrected chi connectivity index (χ0v) is 16.4. The molecule has 148 valence electrons. The maximum Gasteiger partial charge on any atom is 0.255 e. The fourth-order valence-electron chi connectivity index (χ4n) is 4.86. The number of hydrogen-bond donors (Lipinski definition) is 2. The number of aromatic nitrogens is 1. The molecule has 1 atom stereocenters. The molecule has 2 aromatic carbocycles. The van der Waals surface area contributed by atoms with E-state index in [1.54, 1.807) is 4.90 Å². The van der Waals surface area contributed by atoms with E-state index in [9.17, 15) is 9.59 Å². The van der Waals surface area contributed by atoms with Crippen molar-refractivity contribution in [3.05, 3.63) is 71.4 Å². The number of fused-ring (bicyclic) bond motifs is 2. The largest absolute Gasteiger partial charge is 0.361 e. The lowest BCUT2D eigenvalue weighted by atomic mass is 9.95. The number of amides is 2. The summed E-state index contributed by atoms with van der Waals surface area (Å²) < 4.78 is 0. The topological polar surface area (TPSA) is 65.2 Å². The molecular formula is C24H25N3O2. The van der Waals surface area contributed by atoms with Crippen LogP contribution in [0, 0.1) is 0 Å². The summed E-state index contributed by atoms with van der Waals surface area (Å²) in [7, 11) is 0. The highest BCUT2D eigenvalue weighted by atomic mass is 16.2. The minimum absolute atomic E-state index is 0.0668. The molecule has 0 saturated heterocycles. The van der Waals surface area contributed by atoms with E-state index in [4.69, 9.17) is 0 Å². The number of rotatable bonds is 4. The van der Waals surface area contributed by atoms with Gasteiger partial charge in [-0.15, -0.1) is 0 Å². The Bertz CT molecular complexity index is 1060. The maximum absolute atomic E-state index is 13.2. The van der Waals surface area contributed by atoms with Crippen LogP contribution in [0.3, 0.4) is 0 Å². The Hall–Kier alpha value is -3.08. The molecule has 5 nitrogen and oxygen atoms in total. The first-order chi connectivity index (χ1) is 14.2. The summed E-state index contributed by atoms with van der Waals surface area (Å²) in [5.74, 6) is -0.141. The van der Waals surface area contributed by atoms with Crippen LogP contribution in [0.2, 0.25) is 0 Å². The number of carbonyl (C=O) groups is 2. The molecule has 2 aliphatic rings. The molecule has 1 aromatic heterocycles. The second-order valence-electron chi connectivity index (χ2n) is 8.11. The van der Waals surface area contributed by atoms with Crippen LogP contribution in [-0.4, -0.2) is 34.3 Å². The first kappa shape index (κ1) is 18.0. The summed E-state index contributed by atoms with van der Waals surface area (Å²) in [6.45, 7) is 0.0776. The van der Waals surface area contributed by atoms with Gasteiger partial charge in [-0.2, -0.15) is 0 Å². The van der Waals surface area contributed by atoms with Crippen LogP contribution in [-0.2, 0) is 4.79 Å². The second-order valence-corrected chi connectivity index (χ2v) is 8.11. The normalized spacial score (nSPS) is 19.5. The van der Waals surface area contributed by atoms with Crippen LogP contribution in [0.15, 0.2) is 54.7 Å². The number of nitrogens with zero attached hydrogens (tertiary/aromatic N) is 1. The quantitative estimate of drug-likeness (QED) is 0.706. The standard InChI is InChI=1S/C24H25N3O2/c28-22(26-16-8-2-1-3-9-16)15-27-23(18-11-4-5-12-19(18)24(27)29)20-14-25-21-13-7-6-10-17(20)21/h4-7,10-14,16,23,25H,1-3,8-9,15H2,(H,26,28). The van der Waals surface area contributed by atoms with Gasteiger partial charge in [-0.25, -0.2) is 0 Å². The fraction of sp³-hybridized carbons (Fsp3) is 0.333. The van der Waals surface area contributed by atoms with Gasteiger partial charge in [-0.05, 0) is 30.5 Å². The first-order valence-corrected chi connectivity index (χ1v) is 10.5. The van der Waals surface area contributed by atoms with Crippen molar-refractivity contribution in [1.82, 2.24) is 15.2 Å². The molecule has 0 bridgehead atoms. The van der Waals surface area contributed by atoms with Crippen LogP contribution in [0.1, 0.15) is 59.6 Å². The van der Waals surface area contributed by atoms with Crippen molar-refractivity contribution >= 4 is 22.7 Å². The highest BCUT2D eigenvalue weighted by Gasteiger charge is 2.39. The Morgan fingerprint density at radius 2 is 1.76 bits per heavy atom. The second kappa shape index (κ2) is 7.39. The summed E-state index contributed by atoms with van der Waals surface area (Å²) >= 11 is 0. The SMILES string of the molecule is O=C(CN1C(=O)c2ccccc2C1c1c[nH]c2ccccc12)NC1CCCCC1. The lowest BCUT2D eigenvalue weighted by Gasteiger charge is -2.27. The Labute approximate surface area is 170 Å². The summed E-state index contributed by atoms with van der Waals surface area (Å²) in [6.07, 6.45) is 7.61. The minimum Gasteiger partial charge on any atom is -0.361 e. The van der Waals surface area contributed by atoms with E-state index in [1.807, 2.05) is 48.7 Å². The molecule has 1 fully saturated rings. The van der Waals surface area contributed by atoms with E-state index in [1.165, 1.54) is 6.42 Å². The van der Waals surface area contributed by atoms with Crippen molar-refractivity contribution in [2.75, 3.05) is 6.54 Å². The lowest BCUT2D eigenvalue weighted by molar-refractivity contribution is -0.122.